The van der Waals surface area contributed by atoms with Crippen molar-refractivity contribution < 1.29 is 4.79 Å². The number of unbranched alkanes of at least 4 members (excludes halogenated alkanes) is 1. The molecule has 1 fully saturated rings. The lowest BCUT2D eigenvalue weighted by atomic mass is 10.1. The molecule has 0 saturated carbocycles. The van der Waals surface area contributed by atoms with Crippen LogP contribution in [0.3, 0.4) is 0 Å². The Hall–Kier alpha value is -0.570. The highest BCUT2D eigenvalue weighted by Crippen LogP contribution is 2.19. The molecule has 1 heterocycles. The van der Waals surface area contributed by atoms with E-state index < -0.39 is 0 Å². The van der Waals surface area contributed by atoms with Gasteiger partial charge in [-0.25, -0.2) is 0 Å². The maximum Gasteiger partial charge on any atom is 0.222 e. The van der Waals surface area contributed by atoms with Crippen molar-refractivity contribution in [3.05, 3.63) is 0 Å². The summed E-state index contributed by atoms with van der Waals surface area (Å²) in [5, 5.41) is 0. The lowest BCUT2D eigenvalue weighted by Crippen LogP contribution is -2.28. The van der Waals surface area contributed by atoms with Crippen molar-refractivity contribution in [2.75, 3.05) is 19.6 Å². The summed E-state index contributed by atoms with van der Waals surface area (Å²) in [6.07, 6.45) is 5.07. The molecule has 1 atom stereocenters. The number of hydrogen-bond donors (Lipinski definition) is 1. The number of nitrogens with zero attached hydrogens (tertiary/aromatic N) is 1. The summed E-state index contributed by atoms with van der Waals surface area (Å²) in [4.78, 5) is 13.7. The normalized spacial score (nSPS) is 21.6. The Bertz CT molecular complexity index is 182. The zero-order valence-corrected chi connectivity index (χ0v) is 9.17. The van der Waals surface area contributed by atoms with E-state index in [0.29, 0.717) is 11.8 Å². The van der Waals surface area contributed by atoms with Crippen LogP contribution in [0.15, 0.2) is 0 Å². The number of likely N-dealkylation sites (tertiary alicyclic amines) is 1. The van der Waals surface area contributed by atoms with E-state index in [1.165, 1.54) is 0 Å². The molecule has 3 heteroatoms. The van der Waals surface area contributed by atoms with Gasteiger partial charge in [0, 0.05) is 19.5 Å². The fourth-order valence-electron chi connectivity index (χ4n) is 2.02. The lowest BCUT2D eigenvalue weighted by Gasteiger charge is -2.16. The Labute approximate surface area is 86.6 Å². The molecule has 0 bridgehead atoms. The van der Waals surface area contributed by atoms with Crippen molar-refractivity contribution in [2.45, 2.75) is 39.0 Å². The number of carbonyl (C=O) groups excluding carboxylic acids is 1. The van der Waals surface area contributed by atoms with Crippen LogP contribution in [-0.4, -0.2) is 30.4 Å². The summed E-state index contributed by atoms with van der Waals surface area (Å²) in [6.45, 7) is 4.77. The van der Waals surface area contributed by atoms with Crippen LogP contribution in [0.4, 0.5) is 0 Å². The molecular weight excluding hydrogens is 176 g/mol. The second-order valence-electron chi connectivity index (χ2n) is 4.18. The summed E-state index contributed by atoms with van der Waals surface area (Å²) in [6, 6.07) is 0. The quantitative estimate of drug-likeness (QED) is 0.725. The third-order valence-corrected chi connectivity index (χ3v) is 2.96. The Morgan fingerprint density at radius 2 is 2.36 bits per heavy atom. The second-order valence-corrected chi connectivity index (χ2v) is 4.18. The van der Waals surface area contributed by atoms with Crippen molar-refractivity contribution in [3.8, 4) is 0 Å². The van der Waals surface area contributed by atoms with E-state index in [9.17, 15) is 4.79 Å². The van der Waals surface area contributed by atoms with Crippen molar-refractivity contribution in [1.82, 2.24) is 4.90 Å². The summed E-state index contributed by atoms with van der Waals surface area (Å²) in [5.41, 5.74) is 5.51. The molecule has 2 N–H and O–H groups in total. The van der Waals surface area contributed by atoms with Gasteiger partial charge < -0.3 is 10.6 Å². The van der Waals surface area contributed by atoms with Crippen molar-refractivity contribution >= 4 is 5.91 Å². The van der Waals surface area contributed by atoms with Crippen LogP contribution in [0.1, 0.15) is 39.0 Å². The SMILES string of the molecule is CCCCC(=O)N1CCC(CCN)C1. The summed E-state index contributed by atoms with van der Waals surface area (Å²) in [7, 11) is 0. The predicted octanol–water partition coefficient (Wildman–Crippen LogP) is 1.37. The molecule has 1 saturated heterocycles. The van der Waals surface area contributed by atoms with Gasteiger partial charge in [0.2, 0.25) is 5.91 Å². The van der Waals surface area contributed by atoms with Crippen LogP contribution in [0.5, 0.6) is 0 Å². The van der Waals surface area contributed by atoms with E-state index in [-0.39, 0.29) is 0 Å². The molecule has 0 aromatic heterocycles. The Morgan fingerprint density at radius 1 is 1.57 bits per heavy atom. The predicted molar refractivity (Wildman–Crippen MR) is 57.9 cm³/mol. The zero-order valence-electron chi connectivity index (χ0n) is 9.17. The summed E-state index contributed by atoms with van der Waals surface area (Å²) < 4.78 is 0. The van der Waals surface area contributed by atoms with Crippen LogP contribution >= 0.6 is 0 Å². The Morgan fingerprint density at radius 3 is 3.00 bits per heavy atom. The van der Waals surface area contributed by atoms with E-state index >= 15 is 0 Å². The first-order chi connectivity index (χ1) is 6.77. The van der Waals surface area contributed by atoms with Gasteiger partial charge in [0.15, 0.2) is 0 Å². The average molecular weight is 198 g/mol. The van der Waals surface area contributed by atoms with Gasteiger partial charge in [-0.3, -0.25) is 4.79 Å². The molecule has 14 heavy (non-hydrogen) atoms. The minimum absolute atomic E-state index is 0.339. The van der Waals surface area contributed by atoms with E-state index in [0.717, 1.165) is 51.7 Å². The summed E-state index contributed by atoms with van der Waals surface area (Å²) >= 11 is 0. The molecule has 1 rings (SSSR count). The van der Waals surface area contributed by atoms with Crippen LogP contribution in [-0.2, 0) is 4.79 Å². The highest BCUT2D eigenvalue weighted by atomic mass is 16.2. The van der Waals surface area contributed by atoms with E-state index in [2.05, 4.69) is 6.92 Å². The Kier molecular flexibility index (Phi) is 4.94. The van der Waals surface area contributed by atoms with Crippen molar-refractivity contribution in [3.63, 3.8) is 0 Å². The van der Waals surface area contributed by atoms with E-state index in [4.69, 9.17) is 5.73 Å². The van der Waals surface area contributed by atoms with Crippen molar-refractivity contribution in [2.24, 2.45) is 11.7 Å². The largest absolute Gasteiger partial charge is 0.342 e. The number of carbonyl (C=O) groups is 1. The molecule has 1 aliphatic heterocycles. The molecule has 1 aliphatic rings. The van der Waals surface area contributed by atoms with Gasteiger partial charge in [-0.15, -0.1) is 0 Å². The molecule has 82 valence electrons. The minimum Gasteiger partial charge on any atom is -0.342 e. The maximum absolute atomic E-state index is 11.6. The van der Waals surface area contributed by atoms with Gasteiger partial charge in [0.1, 0.15) is 0 Å². The van der Waals surface area contributed by atoms with Crippen LogP contribution in [0.25, 0.3) is 0 Å². The fourth-order valence-corrected chi connectivity index (χ4v) is 2.02. The topological polar surface area (TPSA) is 46.3 Å². The lowest BCUT2D eigenvalue weighted by molar-refractivity contribution is -0.130. The van der Waals surface area contributed by atoms with Gasteiger partial charge in [0.05, 0.1) is 0 Å². The first kappa shape index (κ1) is 11.5. The number of nitrogens with two attached hydrogens (primary N) is 1. The highest BCUT2D eigenvalue weighted by molar-refractivity contribution is 5.76. The highest BCUT2D eigenvalue weighted by Gasteiger charge is 2.24. The molecule has 0 aromatic rings. The number of amides is 1. The summed E-state index contributed by atoms with van der Waals surface area (Å²) in [5.74, 6) is 0.997. The monoisotopic (exact) mass is 198 g/mol. The molecule has 1 amide bonds. The molecular formula is C11H22N2O. The zero-order chi connectivity index (χ0) is 10.4. The standard InChI is InChI=1S/C11H22N2O/c1-2-3-4-11(14)13-8-6-10(9-13)5-7-12/h10H,2-9,12H2,1H3. The van der Waals surface area contributed by atoms with Crippen LogP contribution in [0, 0.1) is 5.92 Å². The van der Waals surface area contributed by atoms with E-state index in [1.807, 2.05) is 4.90 Å². The number of rotatable bonds is 5. The third kappa shape index (κ3) is 3.29. The number of hydrogen-bond acceptors (Lipinski definition) is 2. The molecule has 1 unspecified atom stereocenters. The second kappa shape index (κ2) is 6.02. The van der Waals surface area contributed by atoms with Crippen LogP contribution < -0.4 is 5.73 Å². The Balaban J connectivity index is 2.23. The maximum atomic E-state index is 11.6. The molecule has 0 spiro atoms. The molecule has 3 nitrogen and oxygen atoms in total. The average Bonchev–Trinajstić information content (AvgIpc) is 2.63. The first-order valence-electron chi connectivity index (χ1n) is 5.75. The van der Waals surface area contributed by atoms with Gasteiger partial charge in [-0.05, 0) is 31.7 Å². The van der Waals surface area contributed by atoms with Crippen molar-refractivity contribution in [1.29, 1.82) is 0 Å². The minimum atomic E-state index is 0.339. The molecule has 0 aromatic carbocycles. The van der Waals surface area contributed by atoms with Gasteiger partial charge >= 0.3 is 0 Å². The smallest absolute Gasteiger partial charge is 0.222 e. The van der Waals surface area contributed by atoms with Crippen LogP contribution in [0.2, 0.25) is 0 Å². The molecule has 0 aliphatic carbocycles. The van der Waals surface area contributed by atoms with E-state index in [1.54, 1.807) is 0 Å². The first-order valence-corrected chi connectivity index (χ1v) is 5.75. The van der Waals surface area contributed by atoms with Gasteiger partial charge in [-0.2, -0.15) is 0 Å². The van der Waals surface area contributed by atoms with Gasteiger partial charge in [-0.1, -0.05) is 13.3 Å². The molecule has 0 radical (unpaired) electrons. The van der Waals surface area contributed by atoms with Gasteiger partial charge in [0.25, 0.3) is 0 Å². The third-order valence-electron chi connectivity index (χ3n) is 2.96. The fraction of sp³-hybridized carbons (Fsp3) is 0.909.